The first kappa shape index (κ1) is 14.5. The van der Waals surface area contributed by atoms with Gasteiger partial charge in [0.2, 0.25) is 0 Å². The predicted octanol–water partition coefficient (Wildman–Crippen LogP) is 2.31. The van der Waals surface area contributed by atoms with Crippen molar-refractivity contribution in [3.63, 3.8) is 0 Å². The number of nitrogens with zero attached hydrogens (tertiary/aromatic N) is 4. The number of pyridine rings is 1. The van der Waals surface area contributed by atoms with Crippen molar-refractivity contribution in [2.75, 3.05) is 0 Å². The van der Waals surface area contributed by atoms with Gasteiger partial charge in [0.05, 0.1) is 22.4 Å². The summed E-state index contributed by atoms with van der Waals surface area (Å²) >= 11 is 3.56. The summed E-state index contributed by atoms with van der Waals surface area (Å²) in [6.45, 7) is 5.19. The molecule has 0 atom stereocenters. The van der Waals surface area contributed by atoms with Crippen LogP contribution in [0, 0.1) is 11.3 Å². The Balaban J connectivity index is 2.48. The molecule has 0 saturated heterocycles. The van der Waals surface area contributed by atoms with Gasteiger partial charge in [-0.2, -0.15) is 10.4 Å². The minimum absolute atomic E-state index is 0.155. The van der Waals surface area contributed by atoms with Gasteiger partial charge in [-0.25, -0.2) is 0 Å². The third-order valence-corrected chi connectivity index (χ3v) is 4.07. The fraction of sp³-hybridized carbons (Fsp3) is 0.357. The number of halogens is 1. The summed E-state index contributed by atoms with van der Waals surface area (Å²) < 4.78 is 4.36. The molecule has 2 heterocycles. The van der Waals surface area contributed by atoms with Crippen molar-refractivity contribution in [3.05, 3.63) is 50.1 Å². The van der Waals surface area contributed by atoms with Crippen molar-refractivity contribution in [1.29, 1.82) is 5.26 Å². The quantitative estimate of drug-likeness (QED) is 0.861. The van der Waals surface area contributed by atoms with Crippen LogP contribution in [-0.2, 0) is 19.5 Å². The van der Waals surface area contributed by atoms with Gasteiger partial charge in [-0.05, 0) is 41.4 Å². The largest absolute Gasteiger partial charge is 0.308 e. The van der Waals surface area contributed by atoms with Gasteiger partial charge in [0.15, 0.2) is 0 Å². The Bertz CT molecular complexity index is 724. The molecule has 0 aliphatic rings. The summed E-state index contributed by atoms with van der Waals surface area (Å²) in [4.78, 5) is 12.1. The van der Waals surface area contributed by atoms with Crippen LogP contribution in [0.5, 0.6) is 0 Å². The Hall–Kier alpha value is -1.87. The minimum atomic E-state index is -0.274. The van der Waals surface area contributed by atoms with Crippen molar-refractivity contribution < 1.29 is 0 Å². The monoisotopic (exact) mass is 334 g/mol. The molecule has 20 heavy (non-hydrogen) atoms. The number of aromatic nitrogens is 3. The van der Waals surface area contributed by atoms with Gasteiger partial charge in [-0.3, -0.25) is 9.48 Å². The molecule has 6 heteroatoms. The van der Waals surface area contributed by atoms with E-state index in [1.165, 1.54) is 10.6 Å². The minimum Gasteiger partial charge on any atom is -0.308 e. The smallest absolute Gasteiger partial charge is 0.268 e. The summed E-state index contributed by atoms with van der Waals surface area (Å²) in [5.41, 5.74) is 1.80. The van der Waals surface area contributed by atoms with Gasteiger partial charge in [-0.1, -0.05) is 6.92 Å². The third-order valence-electron chi connectivity index (χ3n) is 3.15. The highest BCUT2D eigenvalue weighted by atomic mass is 79.9. The zero-order valence-electron chi connectivity index (χ0n) is 11.4. The molecule has 0 aromatic carbocycles. The number of rotatable bonds is 4. The Labute approximate surface area is 125 Å². The first-order valence-corrected chi connectivity index (χ1v) is 7.25. The molecular weight excluding hydrogens is 320 g/mol. The number of aryl methyl sites for hydroxylation is 2. The lowest BCUT2D eigenvalue weighted by molar-refractivity contribution is 0.588. The molecule has 5 nitrogen and oxygen atoms in total. The Kier molecular flexibility index (Phi) is 4.40. The van der Waals surface area contributed by atoms with E-state index in [2.05, 4.69) is 21.0 Å². The molecule has 2 aromatic heterocycles. The highest BCUT2D eigenvalue weighted by Gasteiger charge is 2.15. The first-order valence-electron chi connectivity index (χ1n) is 6.45. The van der Waals surface area contributed by atoms with Crippen molar-refractivity contribution in [1.82, 2.24) is 14.3 Å². The number of nitriles is 1. The molecule has 0 unspecified atom stereocenters. The number of hydrogen-bond donors (Lipinski definition) is 0. The molecule has 0 fully saturated rings. The topological polar surface area (TPSA) is 63.6 Å². The molecule has 0 saturated carbocycles. The molecule has 0 radical (unpaired) electrons. The molecule has 0 aliphatic carbocycles. The van der Waals surface area contributed by atoms with E-state index in [1.54, 1.807) is 12.3 Å². The van der Waals surface area contributed by atoms with Crippen LogP contribution >= 0.6 is 15.9 Å². The van der Waals surface area contributed by atoms with E-state index in [0.717, 1.165) is 28.8 Å². The Morgan fingerprint density at radius 1 is 1.45 bits per heavy atom. The van der Waals surface area contributed by atoms with E-state index < -0.39 is 0 Å². The predicted molar refractivity (Wildman–Crippen MR) is 79.5 cm³/mol. The molecule has 0 spiro atoms. The average Bonchev–Trinajstić information content (AvgIpc) is 2.77. The molecule has 0 N–H and O–H groups in total. The molecular formula is C14H15BrN4O. The van der Waals surface area contributed by atoms with Gasteiger partial charge < -0.3 is 4.57 Å². The highest BCUT2D eigenvalue weighted by Crippen LogP contribution is 2.22. The maximum Gasteiger partial charge on any atom is 0.268 e. The Morgan fingerprint density at radius 3 is 2.80 bits per heavy atom. The van der Waals surface area contributed by atoms with Gasteiger partial charge >= 0.3 is 0 Å². The van der Waals surface area contributed by atoms with Crippen LogP contribution in [0.2, 0.25) is 0 Å². The van der Waals surface area contributed by atoms with Crippen LogP contribution in [0.25, 0.3) is 0 Å². The van der Waals surface area contributed by atoms with E-state index >= 15 is 0 Å². The summed E-state index contributed by atoms with van der Waals surface area (Å²) in [7, 11) is 0. The normalized spacial score (nSPS) is 10.5. The zero-order valence-corrected chi connectivity index (χ0v) is 13.0. The summed E-state index contributed by atoms with van der Waals surface area (Å²) in [6, 6.07) is 5.15. The second kappa shape index (κ2) is 6.06. The zero-order chi connectivity index (χ0) is 14.7. The van der Waals surface area contributed by atoms with Gasteiger partial charge in [0, 0.05) is 12.7 Å². The molecule has 0 amide bonds. The Morgan fingerprint density at radius 2 is 2.20 bits per heavy atom. The second-order valence-corrected chi connectivity index (χ2v) is 5.14. The summed E-state index contributed by atoms with van der Waals surface area (Å²) in [6.07, 6.45) is 2.52. The second-order valence-electron chi connectivity index (χ2n) is 4.34. The van der Waals surface area contributed by atoms with E-state index in [9.17, 15) is 4.79 Å². The maximum atomic E-state index is 12.1. The molecule has 2 aromatic rings. The summed E-state index contributed by atoms with van der Waals surface area (Å²) in [5.74, 6) is 0. The summed E-state index contributed by atoms with van der Waals surface area (Å²) in [5, 5.41) is 13.4. The van der Waals surface area contributed by atoms with E-state index in [0.29, 0.717) is 6.54 Å². The van der Waals surface area contributed by atoms with Crippen LogP contribution in [0.3, 0.4) is 0 Å². The lowest BCUT2D eigenvalue weighted by Crippen LogP contribution is -2.23. The van der Waals surface area contributed by atoms with Crippen molar-refractivity contribution in [3.8, 4) is 6.07 Å². The maximum absolute atomic E-state index is 12.1. The SMILES string of the molecule is CCc1nn(CC)c(Cn2cccc(C#N)c2=O)c1Br. The van der Waals surface area contributed by atoms with Crippen LogP contribution in [0.15, 0.2) is 27.6 Å². The van der Waals surface area contributed by atoms with Gasteiger partial charge in [-0.15, -0.1) is 0 Å². The molecule has 0 bridgehead atoms. The third kappa shape index (κ3) is 2.54. The molecule has 2 rings (SSSR count). The van der Waals surface area contributed by atoms with Crippen molar-refractivity contribution in [2.45, 2.75) is 33.4 Å². The van der Waals surface area contributed by atoms with Gasteiger partial charge in [0.1, 0.15) is 11.6 Å². The average molecular weight is 335 g/mol. The molecule has 0 aliphatic heterocycles. The van der Waals surface area contributed by atoms with Crippen molar-refractivity contribution >= 4 is 15.9 Å². The van der Waals surface area contributed by atoms with E-state index in [4.69, 9.17) is 5.26 Å². The van der Waals surface area contributed by atoms with Crippen LogP contribution in [-0.4, -0.2) is 14.3 Å². The lowest BCUT2D eigenvalue weighted by Gasteiger charge is -2.08. The fourth-order valence-corrected chi connectivity index (χ4v) is 2.77. The molecule has 104 valence electrons. The standard InChI is InChI=1S/C14H15BrN4O/c1-3-11-13(15)12(19(4-2)17-11)9-18-7-5-6-10(8-16)14(18)20/h5-7H,3-4,9H2,1-2H3. The first-order chi connectivity index (χ1) is 9.62. The van der Waals surface area contributed by atoms with Gasteiger partial charge in [0.25, 0.3) is 5.56 Å². The van der Waals surface area contributed by atoms with Crippen LogP contribution in [0.4, 0.5) is 0 Å². The van der Waals surface area contributed by atoms with Crippen molar-refractivity contribution in [2.24, 2.45) is 0 Å². The highest BCUT2D eigenvalue weighted by molar-refractivity contribution is 9.10. The lowest BCUT2D eigenvalue weighted by atomic mass is 10.2. The van der Waals surface area contributed by atoms with Crippen LogP contribution in [0.1, 0.15) is 30.8 Å². The van der Waals surface area contributed by atoms with Crippen LogP contribution < -0.4 is 5.56 Å². The van der Waals surface area contributed by atoms with E-state index in [-0.39, 0.29) is 11.1 Å². The number of hydrogen-bond acceptors (Lipinski definition) is 3. The van der Waals surface area contributed by atoms with E-state index in [1.807, 2.05) is 24.6 Å². The fourth-order valence-electron chi connectivity index (χ4n) is 2.08.